The molecule has 8 atom stereocenters. The van der Waals surface area contributed by atoms with Crippen molar-refractivity contribution in [1.82, 2.24) is 10.6 Å². The Hall–Kier alpha value is -0.400. The fraction of sp³-hybridized carbons (Fsp3) is 1.00. The average molecular weight is 545 g/mol. The van der Waals surface area contributed by atoms with E-state index in [4.69, 9.17) is 37.9 Å². The number of hydrogen-bond acceptors (Lipinski definition) is 10. The van der Waals surface area contributed by atoms with Gasteiger partial charge in [0.25, 0.3) is 0 Å². The fourth-order valence-electron chi connectivity index (χ4n) is 6.04. The molecule has 4 fully saturated rings. The summed E-state index contributed by atoms with van der Waals surface area (Å²) in [6.07, 6.45) is 8.84. The van der Waals surface area contributed by atoms with Crippen molar-refractivity contribution in [1.29, 1.82) is 0 Å². The zero-order chi connectivity index (χ0) is 27.2. The van der Waals surface area contributed by atoms with E-state index in [1.165, 1.54) is 51.4 Å². The van der Waals surface area contributed by atoms with Gasteiger partial charge in [-0.15, -0.1) is 0 Å². The van der Waals surface area contributed by atoms with Crippen molar-refractivity contribution < 1.29 is 37.9 Å². The molecule has 4 heterocycles. The van der Waals surface area contributed by atoms with Crippen molar-refractivity contribution in [2.75, 3.05) is 40.4 Å². The monoisotopic (exact) mass is 544 g/mol. The third-order valence-corrected chi connectivity index (χ3v) is 7.87. The zero-order valence-corrected chi connectivity index (χ0v) is 24.4. The van der Waals surface area contributed by atoms with Crippen LogP contribution in [0, 0.1) is 0 Å². The normalized spacial score (nSPS) is 37.1. The first kappa shape index (κ1) is 30.6. The minimum Gasteiger partial charge on any atom is -0.376 e. The SMILES string of the molecule is CO[C@@H]1[C@H]2OC(C)(C)O[C@H]2O[C@@H]1CNCCCCCCCCCCNC[C@@H]1O[C@H]2OC(C)(C)O[C@H]2[C@@H]1OC. The molecule has 4 rings (SSSR count). The Morgan fingerprint density at radius 2 is 0.921 bits per heavy atom. The summed E-state index contributed by atoms with van der Waals surface area (Å²) in [5, 5.41) is 7.04. The molecule has 38 heavy (non-hydrogen) atoms. The minimum atomic E-state index is -0.607. The van der Waals surface area contributed by atoms with Gasteiger partial charge in [-0.2, -0.15) is 0 Å². The van der Waals surface area contributed by atoms with Crippen molar-refractivity contribution >= 4 is 0 Å². The summed E-state index contributed by atoms with van der Waals surface area (Å²) in [6, 6.07) is 0. The Kier molecular flexibility index (Phi) is 11.2. The molecule has 4 aliphatic rings. The highest BCUT2D eigenvalue weighted by atomic mass is 16.8. The lowest BCUT2D eigenvalue weighted by molar-refractivity contribution is -0.216. The number of rotatable bonds is 17. The van der Waals surface area contributed by atoms with E-state index < -0.39 is 11.6 Å². The molecule has 0 radical (unpaired) electrons. The summed E-state index contributed by atoms with van der Waals surface area (Å²) in [7, 11) is 3.43. The van der Waals surface area contributed by atoms with Crippen LogP contribution in [0.4, 0.5) is 0 Å². The molecule has 0 aromatic heterocycles. The number of unbranched alkanes of at least 4 members (excludes halogenated alkanes) is 7. The maximum Gasteiger partial charge on any atom is 0.190 e. The van der Waals surface area contributed by atoms with Crippen LogP contribution in [0.2, 0.25) is 0 Å². The number of fused-ring (bicyclic) bond motifs is 2. The predicted molar refractivity (Wildman–Crippen MR) is 142 cm³/mol. The second-order valence-corrected chi connectivity index (χ2v) is 11.9. The van der Waals surface area contributed by atoms with E-state index in [0.29, 0.717) is 0 Å². The molecular formula is C28H52N2O8. The van der Waals surface area contributed by atoms with Crippen LogP contribution in [-0.2, 0) is 37.9 Å². The van der Waals surface area contributed by atoms with E-state index in [0.717, 1.165) is 26.2 Å². The minimum absolute atomic E-state index is 0.0391. The number of methoxy groups -OCH3 is 2. The Bertz CT molecular complexity index is 652. The summed E-state index contributed by atoms with van der Waals surface area (Å²) >= 11 is 0. The molecule has 0 aliphatic carbocycles. The molecule has 222 valence electrons. The topological polar surface area (TPSA) is 97.9 Å². The van der Waals surface area contributed by atoms with Gasteiger partial charge in [0, 0.05) is 27.3 Å². The van der Waals surface area contributed by atoms with Crippen molar-refractivity contribution in [2.24, 2.45) is 0 Å². The fourth-order valence-corrected chi connectivity index (χ4v) is 6.04. The lowest BCUT2D eigenvalue weighted by Crippen LogP contribution is -2.41. The number of ether oxygens (including phenoxy) is 8. The van der Waals surface area contributed by atoms with E-state index in [1.807, 2.05) is 27.7 Å². The molecule has 0 aromatic carbocycles. The van der Waals surface area contributed by atoms with Gasteiger partial charge in [-0.25, -0.2) is 0 Å². The predicted octanol–water partition coefficient (Wildman–Crippen LogP) is 3.07. The van der Waals surface area contributed by atoms with Crippen molar-refractivity contribution in [3.05, 3.63) is 0 Å². The van der Waals surface area contributed by atoms with Gasteiger partial charge in [-0.3, -0.25) is 0 Å². The Balaban J connectivity index is 0.927. The van der Waals surface area contributed by atoms with Crippen LogP contribution in [0.15, 0.2) is 0 Å². The summed E-state index contributed by atoms with van der Waals surface area (Å²) < 4.78 is 46.9. The van der Waals surface area contributed by atoms with E-state index in [2.05, 4.69) is 10.6 Å². The van der Waals surface area contributed by atoms with Crippen LogP contribution in [-0.4, -0.2) is 101 Å². The molecular weight excluding hydrogens is 492 g/mol. The first-order chi connectivity index (χ1) is 18.2. The molecule has 4 saturated heterocycles. The number of nitrogens with one attached hydrogen (secondary N) is 2. The van der Waals surface area contributed by atoms with Gasteiger partial charge in [0.2, 0.25) is 0 Å². The quantitative estimate of drug-likeness (QED) is 0.266. The second-order valence-electron chi connectivity index (χ2n) is 11.9. The summed E-state index contributed by atoms with van der Waals surface area (Å²) in [5.74, 6) is -1.21. The van der Waals surface area contributed by atoms with Gasteiger partial charge in [-0.1, -0.05) is 38.5 Å². The van der Waals surface area contributed by atoms with E-state index in [-0.39, 0.29) is 49.2 Å². The van der Waals surface area contributed by atoms with Crippen LogP contribution >= 0.6 is 0 Å². The zero-order valence-electron chi connectivity index (χ0n) is 24.4. The Morgan fingerprint density at radius 3 is 1.29 bits per heavy atom. The van der Waals surface area contributed by atoms with Crippen LogP contribution in [0.5, 0.6) is 0 Å². The molecule has 0 amide bonds. The lowest BCUT2D eigenvalue weighted by atomic mass is 10.1. The van der Waals surface area contributed by atoms with E-state index in [9.17, 15) is 0 Å². The highest BCUT2D eigenvalue weighted by Gasteiger charge is 2.55. The first-order valence-corrected chi connectivity index (χ1v) is 14.7. The van der Waals surface area contributed by atoms with Crippen LogP contribution in [0.3, 0.4) is 0 Å². The molecule has 10 nitrogen and oxygen atoms in total. The number of hydrogen-bond donors (Lipinski definition) is 2. The lowest BCUT2D eigenvalue weighted by Gasteiger charge is -2.25. The highest BCUT2D eigenvalue weighted by Crippen LogP contribution is 2.39. The van der Waals surface area contributed by atoms with Gasteiger partial charge in [0.15, 0.2) is 24.2 Å². The third-order valence-electron chi connectivity index (χ3n) is 7.87. The maximum atomic E-state index is 6.03. The van der Waals surface area contributed by atoms with Crippen LogP contribution < -0.4 is 10.6 Å². The molecule has 4 aliphatic heterocycles. The molecule has 0 aromatic rings. The van der Waals surface area contributed by atoms with Gasteiger partial charge >= 0.3 is 0 Å². The Morgan fingerprint density at radius 1 is 0.553 bits per heavy atom. The summed E-state index contributed by atoms with van der Waals surface area (Å²) in [5.41, 5.74) is 0. The molecule has 0 unspecified atom stereocenters. The average Bonchev–Trinajstić information content (AvgIpc) is 3.52. The van der Waals surface area contributed by atoms with Crippen LogP contribution in [0.1, 0.15) is 79.1 Å². The van der Waals surface area contributed by atoms with Gasteiger partial charge in [0.1, 0.15) is 36.6 Å². The van der Waals surface area contributed by atoms with Crippen LogP contribution in [0.25, 0.3) is 0 Å². The summed E-state index contributed by atoms with van der Waals surface area (Å²) in [4.78, 5) is 0. The van der Waals surface area contributed by atoms with E-state index >= 15 is 0 Å². The van der Waals surface area contributed by atoms with E-state index in [1.54, 1.807) is 14.2 Å². The van der Waals surface area contributed by atoms with Crippen molar-refractivity contribution in [3.63, 3.8) is 0 Å². The molecule has 0 saturated carbocycles. The van der Waals surface area contributed by atoms with Gasteiger partial charge in [0.05, 0.1) is 0 Å². The maximum absolute atomic E-state index is 6.03. The smallest absolute Gasteiger partial charge is 0.190 e. The molecule has 0 spiro atoms. The largest absolute Gasteiger partial charge is 0.376 e. The second kappa shape index (κ2) is 14.0. The highest BCUT2D eigenvalue weighted by molar-refractivity contribution is 4.95. The van der Waals surface area contributed by atoms with Crippen molar-refractivity contribution in [3.8, 4) is 0 Å². The standard InChI is InChI=1S/C28H52N2O8/c1-27(2)35-23-21(31-5)19(33-25(23)37-27)17-29-15-13-11-9-7-8-10-12-14-16-30-18-20-22(32-6)24-26(34-20)38-28(3,4)36-24/h19-26,29-30H,7-18H2,1-6H3/t19-,20+,21+,22-,23-,24+,25-,26+. The molecule has 0 bridgehead atoms. The Labute approximate surface area is 229 Å². The third kappa shape index (κ3) is 8.09. The van der Waals surface area contributed by atoms with Crippen molar-refractivity contribution in [2.45, 2.75) is 140 Å². The summed E-state index contributed by atoms with van der Waals surface area (Å²) in [6.45, 7) is 11.1. The first-order valence-electron chi connectivity index (χ1n) is 14.7. The molecule has 10 heteroatoms. The van der Waals surface area contributed by atoms with Gasteiger partial charge < -0.3 is 48.5 Å². The van der Waals surface area contributed by atoms with Gasteiger partial charge in [-0.05, 0) is 53.6 Å². The molecule has 2 N–H and O–H groups in total.